The molecule has 3 atom stereocenters. The minimum Gasteiger partial charge on any atom is -0.506 e. The van der Waals surface area contributed by atoms with E-state index < -0.39 is 0 Å². The van der Waals surface area contributed by atoms with Crippen LogP contribution in [0.4, 0.5) is 5.69 Å². The fourth-order valence-corrected chi connectivity index (χ4v) is 3.07. The van der Waals surface area contributed by atoms with Gasteiger partial charge in [-0.05, 0) is 25.0 Å². The van der Waals surface area contributed by atoms with E-state index in [9.17, 15) is 9.90 Å². The smallest absolute Gasteiger partial charge is 0.328 e. The number of hydrogen-bond donors (Lipinski definition) is 2. The zero-order chi connectivity index (χ0) is 13.4. The van der Waals surface area contributed by atoms with Gasteiger partial charge in [0, 0.05) is 11.8 Å². The molecule has 1 aromatic carbocycles. The molecule has 0 unspecified atom stereocenters. The summed E-state index contributed by atoms with van der Waals surface area (Å²) in [6.07, 6.45) is 5.08. The molecule has 0 saturated heterocycles. The number of rotatable bonds is 2. The molecule has 4 nitrogen and oxygen atoms in total. The number of nitrogens with one attached hydrogen (secondary N) is 1. The van der Waals surface area contributed by atoms with E-state index in [1.165, 1.54) is 0 Å². The molecule has 3 rings (SSSR count). The molecule has 1 aromatic rings. The first-order valence-corrected chi connectivity index (χ1v) is 6.64. The largest absolute Gasteiger partial charge is 0.506 e. The lowest BCUT2D eigenvalue weighted by molar-refractivity contribution is -0.145. The van der Waals surface area contributed by atoms with Gasteiger partial charge in [-0.15, -0.1) is 0 Å². The average molecular weight is 259 g/mol. The predicted molar refractivity (Wildman–Crippen MR) is 72.1 cm³/mol. The SMILES string of the molecule is CCOC(=O)[C@H]1Nc2c(O)cccc2[C@H]2C=CC[C@@H]12. The molecule has 2 N–H and O–H groups in total. The number of benzene rings is 1. The number of esters is 1. The van der Waals surface area contributed by atoms with Crippen LogP contribution in [0.25, 0.3) is 0 Å². The Morgan fingerprint density at radius 2 is 2.37 bits per heavy atom. The number of fused-ring (bicyclic) bond motifs is 3. The highest BCUT2D eigenvalue weighted by Gasteiger charge is 2.42. The Bertz CT molecular complexity index is 538. The quantitative estimate of drug-likeness (QED) is 0.486. The summed E-state index contributed by atoms with van der Waals surface area (Å²) in [7, 11) is 0. The van der Waals surface area contributed by atoms with E-state index in [-0.39, 0.29) is 29.6 Å². The second-order valence-electron chi connectivity index (χ2n) is 4.97. The number of phenols is 1. The van der Waals surface area contributed by atoms with Crippen LogP contribution in [0, 0.1) is 5.92 Å². The number of carbonyl (C=O) groups excluding carboxylic acids is 1. The lowest BCUT2D eigenvalue weighted by Crippen LogP contribution is -2.42. The van der Waals surface area contributed by atoms with Crippen LogP contribution >= 0.6 is 0 Å². The van der Waals surface area contributed by atoms with Gasteiger partial charge >= 0.3 is 5.97 Å². The van der Waals surface area contributed by atoms with Crippen molar-refractivity contribution < 1.29 is 14.6 Å². The van der Waals surface area contributed by atoms with Gasteiger partial charge in [0.15, 0.2) is 0 Å². The Labute approximate surface area is 112 Å². The van der Waals surface area contributed by atoms with E-state index in [1.54, 1.807) is 13.0 Å². The number of anilines is 1. The Balaban J connectivity index is 2.00. The number of hydrogen-bond acceptors (Lipinski definition) is 4. The molecule has 0 fully saturated rings. The highest BCUT2D eigenvalue weighted by atomic mass is 16.5. The van der Waals surface area contributed by atoms with Gasteiger partial charge in [-0.2, -0.15) is 0 Å². The van der Waals surface area contributed by atoms with Gasteiger partial charge in [0.05, 0.1) is 12.3 Å². The van der Waals surface area contributed by atoms with Crippen LogP contribution in [-0.2, 0) is 9.53 Å². The monoisotopic (exact) mass is 259 g/mol. The summed E-state index contributed by atoms with van der Waals surface area (Å²) >= 11 is 0. The summed E-state index contributed by atoms with van der Waals surface area (Å²) in [5.74, 6) is 0.298. The number of para-hydroxylation sites is 1. The first kappa shape index (κ1) is 12.1. The first-order chi connectivity index (χ1) is 9.22. The normalized spacial score (nSPS) is 27.3. The van der Waals surface area contributed by atoms with Crippen LogP contribution in [0.3, 0.4) is 0 Å². The predicted octanol–water partition coefficient (Wildman–Crippen LogP) is 2.41. The average Bonchev–Trinajstić information content (AvgIpc) is 2.88. The molecule has 1 aliphatic heterocycles. The van der Waals surface area contributed by atoms with Gasteiger partial charge in [-0.25, -0.2) is 4.79 Å². The molecule has 0 bridgehead atoms. The molecule has 100 valence electrons. The Hall–Kier alpha value is -1.97. The van der Waals surface area contributed by atoms with Crippen molar-refractivity contribution >= 4 is 11.7 Å². The van der Waals surface area contributed by atoms with Gasteiger partial charge < -0.3 is 15.2 Å². The third kappa shape index (κ3) is 1.87. The van der Waals surface area contributed by atoms with E-state index in [4.69, 9.17) is 4.74 Å². The standard InChI is InChI=1S/C15H17NO3/c1-2-19-15(18)14-11-6-3-5-9(11)10-7-4-8-12(17)13(10)16-14/h3-5,7-9,11,14,16-17H,2,6H2,1H3/t9-,11-,14+/m1/s1. The molecule has 1 heterocycles. The second-order valence-corrected chi connectivity index (χ2v) is 4.97. The van der Waals surface area contributed by atoms with E-state index >= 15 is 0 Å². The summed E-state index contributed by atoms with van der Waals surface area (Å²) in [4.78, 5) is 12.1. The third-order valence-electron chi connectivity index (χ3n) is 3.92. The van der Waals surface area contributed by atoms with Crippen LogP contribution in [0.1, 0.15) is 24.8 Å². The molecule has 1 aliphatic carbocycles. The molecule has 19 heavy (non-hydrogen) atoms. The van der Waals surface area contributed by atoms with Gasteiger partial charge in [0.2, 0.25) is 0 Å². The molecule has 0 saturated carbocycles. The minimum atomic E-state index is -0.388. The maximum absolute atomic E-state index is 12.1. The van der Waals surface area contributed by atoms with Gasteiger partial charge in [-0.3, -0.25) is 0 Å². The zero-order valence-electron chi connectivity index (χ0n) is 10.8. The van der Waals surface area contributed by atoms with Crippen LogP contribution in [-0.4, -0.2) is 23.7 Å². The molecule has 2 aliphatic rings. The van der Waals surface area contributed by atoms with E-state index in [0.717, 1.165) is 12.0 Å². The van der Waals surface area contributed by atoms with E-state index in [2.05, 4.69) is 17.5 Å². The van der Waals surface area contributed by atoms with Crippen molar-refractivity contribution in [1.82, 2.24) is 0 Å². The number of allylic oxidation sites excluding steroid dienone is 2. The minimum absolute atomic E-state index is 0.174. The van der Waals surface area contributed by atoms with Crippen molar-refractivity contribution in [2.45, 2.75) is 25.3 Å². The molecular formula is C15H17NO3. The van der Waals surface area contributed by atoms with Crippen LogP contribution in [0.5, 0.6) is 5.75 Å². The van der Waals surface area contributed by atoms with Crippen molar-refractivity contribution in [2.75, 3.05) is 11.9 Å². The molecular weight excluding hydrogens is 242 g/mol. The molecule has 0 spiro atoms. The van der Waals surface area contributed by atoms with Crippen LogP contribution in [0.2, 0.25) is 0 Å². The lowest BCUT2D eigenvalue weighted by Gasteiger charge is -2.35. The Morgan fingerprint density at radius 3 is 3.16 bits per heavy atom. The maximum atomic E-state index is 12.1. The Morgan fingerprint density at radius 1 is 1.53 bits per heavy atom. The highest BCUT2D eigenvalue weighted by molar-refractivity contribution is 5.83. The summed E-state index contributed by atoms with van der Waals surface area (Å²) in [6, 6.07) is 5.08. The van der Waals surface area contributed by atoms with Gasteiger partial charge in [-0.1, -0.05) is 24.3 Å². The van der Waals surface area contributed by atoms with Crippen LogP contribution in [0.15, 0.2) is 30.4 Å². The van der Waals surface area contributed by atoms with Gasteiger partial charge in [0.25, 0.3) is 0 Å². The summed E-state index contributed by atoms with van der Waals surface area (Å²) < 4.78 is 5.13. The van der Waals surface area contributed by atoms with Crippen molar-refractivity contribution in [2.24, 2.45) is 5.92 Å². The summed E-state index contributed by atoms with van der Waals surface area (Å²) in [5, 5.41) is 13.1. The fraction of sp³-hybridized carbons (Fsp3) is 0.400. The van der Waals surface area contributed by atoms with Gasteiger partial charge in [0.1, 0.15) is 11.8 Å². The fourth-order valence-electron chi connectivity index (χ4n) is 3.07. The molecule has 0 radical (unpaired) electrons. The second kappa shape index (κ2) is 4.61. The number of carbonyl (C=O) groups is 1. The highest BCUT2D eigenvalue weighted by Crippen LogP contribution is 2.47. The van der Waals surface area contributed by atoms with Crippen molar-refractivity contribution in [3.05, 3.63) is 35.9 Å². The molecule has 4 heteroatoms. The summed E-state index contributed by atoms with van der Waals surface area (Å²) in [6.45, 7) is 2.17. The molecule has 0 amide bonds. The third-order valence-corrected chi connectivity index (χ3v) is 3.92. The number of aromatic hydroxyl groups is 1. The molecule has 0 aromatic heterocycles. The van der Waals surface area contributed by atoms with E-state index in [1.807, 2.05) is 12.1 Å². The number of ether oxygens (including phenoxy) is 1. The first-order valence-electron chi connectivity index (χ1n) is 6.64. The Kier molecular flexibility index (Phi) is 2.93. The summed E-state index contributed by atoms with van der Waals surface area (Å²) in [5.41, 5.74) is 1.72. The van der Waals surface area contributed by atoms with Crippen LogP contribution < -0.4 is 5.32 Å². The maximum Gasteiger partial charge on any atom is 0.328 e. The van der Waals surface area contributed by atoms with Crippen molar-refractivity contribution in [1.29, 1.82) is 0 Å². The lowest BCUT2D eigenvalue weighted by atomic mass is 9.79. The topological polar surface area (TPSA) is 58.6 Å². The van der Waals surface area contributed by atoms with E-state index in [0.29, 0.717) is 12.3 Å². The van der Waals surface area contributed by atoms with Crippen molar-refractivity contribution in [3.8, 4) is 5.75 Å². The zero-order valence-corrected chi connectivity index (χ0v) is 10.8. The van der Waals surface area contributed by atoms with Crippen molar-refractivity contribution in [3.63, 3.8) is 0 Å². The number of phenolic OH excluding ortho intramolecular Hbond substituents is 1.